The fraction of sp³-hybridized carbons (Fsp3) is 0.263. The molecule has 1 amide bonds. The summed E-state index contributed by atoms with van der Waals surface area (Å²) in [6, 6.07) is 8.07. The number of amides is 1. The average Bonchev–Trinajstić information content (AvgIpc) is 3.03. The number of hydrogen-bond acceptors (Lipinski definition) is 5. The summed E-state index contributed by atoms with van der Waals surface area (Å²) in [6.45, 7) is 5.97. The Hall–Kier alpha value is -3.22. The molecule has 0 aliphatic carbocycles. The summed E-state index contributed by atoms with van der Waals surface area (Å²) in [5, 5.41) is 7.45. The largest absolute Gasteiger partial charge is 0.467 e. The molecule has 0 bridgehead atoms. The quantitative estimate of drug-likeness (QED) is 0.764. The van der Waals surface area contributed by atoms with E-state index < -0.39 is 0 Å². The second-order valence-electron chi connectivity index (χ2n) is 6.04. The lowest BCUT2D eigenvalue weighted by Gasteiger charge is -2.14. The monoisotopic (exact) mass is 351 g/mol. The highest BCUT2D eigenvalue weighted by Crippen LogP contribution is 2.22. The standard InChI is InChI=1S/C19H21N5O2/c1-12-7-5-6-8-17(12)24-14(3)16(11-22-24)13(2)23-18(25)15-9-20-19(26-4)21-10-15/h5-11,13H,1-4H3,(H,23,25)/t13-/m1/s1. The number of benzene rings is 1. The first kappa shape index (κ1) is 17.6. The van der Waals surface area contributed by atoms with Gasteiger partial charge in [0.1, 0.15) is 0 Å². The molecule has 3 rings (SSSR count). The van der Waals surface area contributed by atoms with Crippen molar-refractivity contribution in [2.75, 3.05) is 7.11 Å². The number of nitrogens with one attached hydrogen (secondary N) is 1. The summed E-state index contributed by atoms with van der Waals surface area (Å²) >= 11 is 0. The van der Waals surface area contributed by atoms with Crippen LogP contribution in [0.15, 0.2) is 42.9 Å². The van der Waals surface area contributed by atoms with Crippen molar-refractivity contribution < 1.29 is 9.53 Å². The van der Waals surface area contributed by atoms with Gasteiger partial charge in [0.05, 0.1) is 30.6 Å². The molecule has 2 aromatic heterocycles. The van der Waals surface area contributed by atoms with Crippen LogP contribution < -0.4 is 10.1 Å². The lowest BCUT2D eigenvalue weighted by molar-refractivity contribution is 0.0939. The van der Waals surface area contributed by atoms with Crippen molar-refractivity contribution in [2.45, 2.75) is 26.8 Å². The van der Waals surface area contributed by atoms with Gasteiger partial charge in [-0.15, -0.1) is 0 Å². The van der Waals surface area contributed by atoms with E-state index in [1.807, 2.05) is 49.7 Å². The number of hydrogen-bond donors (Lipinski definition) is 1. The van der Waals surface area contributed by atoms with Crippen molar-refractivity contribution in [1.82, 2.24) is 25.1 Å². The summed E-state index contributed by atoms with van der Waals surface area (Å²) < 4.78 is 6.80. The molecule has 0 unspecified atom stereocenters. The zero-order valence-corrected chi connectivity index (χ0v) is 15.2. The van der Waals surface area contributed by atoms with E-state index in [0.717, 1.165) is 22.5 Å². The lowest BCUT2D eigenvalue weighted by Crippen LogP contribution is -2.27. The fourth-order valence-electron chi connectivity index (χ4n) is 2.79. The Kier molecular flexibility index (Phi) is 4.97. The van der Waals surface area contributed by atoms with Crippen molar-refractivity contribution >= 4 is 5.91 Å². The van der Waals surface area contributed by atoms with Gasteiger partial charge in [-0.1, -0.05) is 18.2 Å². The third-order valence-corrected chi connectivity index (χ3v) is 4.28. The van der Waals surface area contributed by atoms with Crippen LogP contribution >= 0.6 is 0 Å². The second-order valence-corrected chi connectivity index (χ2v) is 6.04. The number of para-hydroxylation sites is 1. The Bertz CT molecular complexity index is 918. The van der Waals surface area contributed by atoms with Gasteiger partial charge in [0.15, 0.2) is 0 Å². The Labute approximate surface area is 152 Å². The van der Waals surface area contributed by atoms with Gasteiger partial charge in [-0.25, -0.2) is 14.6 Å². The van der Waals surface area contributed by atoms with Crippen LogP contribution in [0.5, 0.6) is 6.01 Å². The highest BCUT2D eigenvalue weighted by molar-refractivity contribution is 5.93. The first-order valence-corrected chi connectivity index (χ1v) is 8.28. The van der Waals surface area contributed by atoms with Gasteiger partial charge in [0, 0.05) is 23.7 Å². The molecule has 2 heterocycles. The number of carbonyl (C=O) groups is 1. The average molecular weight is 351 g/mol. The summed E-state index contributed by atoms with van der Waals surface area (Å²) in [7, 11) is 1.48. The van der Waals surface area contributed by atoms with E-state index in [2.05, 4.69) is 20.4 Å². The Morgan fingerprint density at radius 2 is 1.85 bits per heavy atom. The summed E-state index contributed by atoms with van der Waals surface area (Å²) in [5.74, 6) is -0.247. The van der Waals surface area contributed by atoms with Gasteiger partial charge < -0.3 is 10.1 Å². The van der Waals surface area contributed by atoms with Crippen LogP contribution in [-0.4, -0.2) is 32.8 Å². The number of carbonyl (C=O) groups excluding carboxylic acids is 1. The van der Waals surface area contributed by atoms with Crippen LogP contribution in [0.3, 0.4) is 0 Å². The molecule has 3 aromatic rings. The van der Waals surface area contributed by atoms with Gasteiger partial charge in [-0.3, -0.25) is 4.79 Å². The van der Waals surface area contributed by atoms with Gasteiger partial charge >= 0.3 is 6.01 Å². The van der Waals surface area contributed by atoms with E-state index in [4.69, 9.17) is 4.74 Å². The van der Waals surface area contributed by atoms with Crippen molar-refractivity contribution in [3.63, 3.8) is 0 Å². The van der Waals surface area contributed by atoms with E-state index in [9.17, 15) is 4.79 Å². The molecule has 7 heteroatoms. The number of rotatable bonds is 5. The smallest absolute Gasteiger partial charge is 0.316 e. The molecule has 0 fully saturated rings. The number of methoxy groups -OCH3 is 1. The third-order valence-electron chi connectivity index (χ3n) is 4.28. The molecule has 1 aromatic carbocycles. The maximum atomic E-state index is 12.4. The number of ether oxygens (including phenoxy) is 1. The number of aromatic nitrogens is 4. The Morgan fingerprint density at radius 3 is 2.50 bits per heavy atom. The molecule has 134 valence electrons. The van der Waals surface area contributed by atoms with Gasteiger partial charge in [-0.2, -0.15) is 5.10 Å². The minimum atomic E-state index is -0.247. The van der Waals surface area contributed by atoms with Crippen LogP contribution in [0.25, 0.3) is 5.69 Å². The Balaban J connectivity index is 1.79. The molecular formula is C19H21N5O2. The third kappa shape index (κ3) is 3.42. The summed E-state index contributed by atoms with van der Waals surface area (Å²) in [6.07, 6.45) is 4.67. The molecule has 0 aliphatic rings. The minimum absolute atomic E-state index is 0.206. The highest BCUT2D eigenvalue weighted by Gasteiger charge is 2.18. The molecule has 7 nitrogen and oxygen atoms in total. The Morgan fingerprint density at radius 1 is 1.15 bits per heavy atom. The fourth-order valence-corrected chi connectivity index (χ4v) is 2.79. The lowest BCUT2D eigenvalue weighted by atomic mass is 10.1. The predicted molar refractivity (Wildman–Crippen MR) is 97.5 cm³/mol. The first-order chi connectivity index (χ1) is 12.5. The molecule has 26 heavy (non-hydrogen) atoms. The molecule has 0 aliphatic heterocycles. The van der Waals surface area contributed by atoms with Crippen molar-refractivity contribution in [3.05, 3.63) is 65.2 Å². The van der Waals surface area contributed by atoms with E-state index in [0.29, 0.717) is 5.56 Å². The minimum Gasteiger partial charge on any atom is -0.467 e. The summed E-state index contributed by atoms with van der Waals surface area (Å²) in [5.41, 5.74) is 4.48. The van der Waals surface area contributed by atoms with Crippen LogP contribution in [0.4, 0.5) is 0 Å². The molecular weight excluding hydrogens is 330 g/mol. The van der Waals surface area contributed by atoms with Crippen LogP contribution in [0.2, 0.25) is 0 Å². The summed E-state index contributed by atoms with van der Waals surface area (Å²) in [4.78, 5) is 20.3. The van der Waals surface area contributed by atoms with Crippen LogP contribution in [-0.2, 0) is 0 Å². The molecule has 0 saturated heterocycles. The SMILES string of the molecule is COc1ncc(C(=O)N[C@H](C)c2cnn(-c3ccccc3C)c2C)cn1. The van der Waals surface area contributed by atoms with Gasteiger partial charge in [0.2, 0.25) is 0 Å². The second kappa shape index (κ2) is 7.35. The highest BCUT2D eigenvalue weighted by atomic mass is 16.5. The maximum Gasteiger partial charge on any atom is 0.316 e. The van der Waals surface area contributed by atoms with E-state index in [-0.39, 0.29) is 18.0 Å². The van der Waals surface area contributed by atoms with E-state index >= 15 is 0 Å². The van der Waals surface area contributed by atoms with Crippen molar-refractivity contribution in [1.29, 1.82) is 0 Å². The maximum absolute atomic E-state index is 12.4. The van der Waals surface area contributed by atoms with Crippen molar-refractivity contribution in [3.8, 4) is 11.7 Å². The van der Waals surface area contributed by atoms with Gasteiger partial charge in [0.25, 0.3) is 5.91 Å². The molecule has 0 spiro atoms. The number of aryl methyl sites for hydroxylation is 1. The first-order valence-electron chi connectivity index (χ1n) is 8.28. The predicted octanol–water partition coefficient (Wildman–Crippen LogP) is 2.78. The molecule has 0 saturated carbocycles. The van der Waals surface area contributed by atoms with Crippen LogP contribution in [0.1, 0.15) is 40.1 Å². The topological polar surface area (TPSA) is 81.9 Å². The molecule has 1 N–H and O–H groups in total. The zero-order chi connectivity index (χ0) is 18.7. The zero-order valence-electron chi connectivity index (χ0n) is 15.2. The van der Waals surface area contributed by atoms with E-state index in [1.165, 1.54) is 19.5 Å². The van der Waals surface area contributed by atoms with Crippen molar-refractivity contribution in [2.24, 2.45) is 0 Å². The van der Waals surface area contributed by atoms with Crippen LogP contribution in [0, 0.1) is 13.8 Å². The molecule has 0 radical (unpaired) electrons. The molecule has 1 atom stereocenters. The van der Waals surface area contributed by atoms with E-state index in [1.54, 1.807) is 6.20 Å². The normalized spacial score (nSPS) is 11.8. The number of nitrogens with zero attached hydrogens (tertiary/aromatic N) is 4. The van der Waals surface area contributed by atoms with Gasteiger partial charge in [-0.05, 0) is 32.4 Å².